The lowest BCUT2D eigenvalue weighted by atomic mass is 9.90. The van der Waals surface area contributed by atoms with Crippen LogP contribution < -0.4 is 4.90 Å². The van der Waals surface area contributed by atoms with Crippen LogP contribution in [0.3, 0.4) is 0 Å². The highest BCUT2D eigenvalue weighted by Gasteiger charge is 2.34. The van der Waals surface area contributed by atoms with Crippen molar-refractivity contribution in [2.75, 3.05) is 38.6 Å². The minimum atomic E-state index is -0.270. The van der Waals surface area contributed by atoms with Gasteiger partial charge in [-0.25, -0.2) is 9.97 Å². The summed E-state index contributed by atoms with van der Waals surface area (Å²) in [5.41, 5.74) is 2.76. The van der Waals surface area contributed by atoms with Gasteiger partial charge in [0.05, 0.1) is 5.69 Å². The number of likely N-dealkylation sites (tertiary alicyclic amines) is 2. The van der Waals surface area contributed by atoms with Gasteiger partial charge >= 0.3 is 0 Å². The number of carbonyl (C=O) groups is 3. The number of carbonyl (C=O) groups excluding carboxylic acids is 3. The Morgan fingerprint density at radius 1 is 1.16 bits per heavy atom. The van der Waals surface area contributed by atoms with Crippen molar-refractivity contribution >= 4 is 35.3 Å². The second-order valence-electron chi connectivity index (χ2n) is 8.42. The monoisotopic (exact) mass is 455 g/mol. The molecular formula is C23H26ClN5O3. The van der Waals surface area contributed by atoms with Crippen LogP contribution in [0.1, 0.15) is 37.3 Å². The minimum absolute atomic E-state index is 0.0186. The number of anilines is 1. The van der Waals surface area contributed by atoms with Crippen LogP contribution in [0.4, 0.5) is 5.95 Å². The summed E-state index contributed by atoms with van der Waals surface area (Å²) in [6.07, 6.45) is 3.90. The first-order valence-corrected chi connectivity index (χ1v) is 11.1. The maximum atomic E-state index is 12.9. The van der Waals surface area contributed by atoms with Crippen LogP contribution in [-0.2, 0) is 14.4 Å². The van der Waals surface area contributed by atoms with Crippen molar-refractivity contribution in [3.63, 3.8) is 0 Å². The number of hydrogen-bond acceptors (Lipinski definition) is 6. The van der Waals surface area contributed by atoms with Gasteiger partial charge in [-0.2, -0.15) is 0 Å². The van der Waals surface area contributed by atoms with Gasteiger partial charge in [-0.05, 0) is 30.5 Å². The molecule has 0 bridgehead atoms. The van der Waals surface area contributed by atoms with Gasteiger partial charge in [0, 0.05) is 62.7 Å². The number of aromatic nitrogens is 2. The Bertz CT molecular complexity index is 1020. The molecule has 2 aromatic rings. The van der Waals surface area contributed by atoms with E-state index in [0.29, 0.717) is 24.1 Å². The molecule has 3 heterocycles. The molecule has 0 N–H and O–H groups in total. The maximum absolute atomic E-state index is 12.9. The maximum Gasteiger partial charge on any atom is 0.242 e. The highest BCUT2D eigenvalue weighted by Crippen LogP contribution is 2.34. The van der Waals surface area contributed by atoms with Gasteiger partial charge in [0.1, 0.15) is 6.54 Å². The molecule has 32 heavy (non-hydrogen) atoms. The van der Waals surface area contributed by atoms with Crippen LogP contribution >= 0.6 is 11.6 Å². The molecule has 0 radical (unpaired) electrons. The number of nitrogens with zero attached hydrogens (tertiary/aromatic N) is 5. The van der Waals surface area contributed by atoms with E-state index in [1.165, 1.54) is 0 Å². The van der Waals surface area contributed by atoms with E-state index in [4.69, 9.17) is 16.6 Å². The summed E-state index contributed by atoms with van der Waals surface area (Å²) in [4.78, 5) is 50.8. The average molecular weight is 456 g/mol. The fourth-order valence-corrected chi connectivity index (χ4v) is 4.35. The predicted molar refractivity (Wildman–Crippen MR) is 121 cm³/mol. The van der Waals surface area contributed by atoms with Crippen LogP contribution in [0.15, 0.2) is 30.5 Å². The molecule has 2 saturated heterocycles. The quantitative estimate of drug-likeness (QED) is 0.644. The minimum Gasteiger partial charge on any atom is -0.347 e. The Morgan fingerprint density at radius 2 is 1.84 bits per heavy atom. The Labute approximate surface area is 192 Å². The van der Waals surface area contributed by atoms with Crippen LogP contribution in [0.2, 0.25) is 5.02 Å². The summed E-state index contributed by atoms with van der Waals surface area (Å²) in [7, 11) is 3.78. The van der Waals surface area contributed by atoms with E-state index < -0.39 is 0 Å². The zero-order valence-electron chi connectivity index (χ0n) is 18.3. The third kappa shape index (κ3) is 4.60. The van der Waals surface area contributed by atoms with Crippen molar-refractivity contribution in [1.82, 2.24) is 19.8 Å². The molecule has 0 aliphatic carbocycles. The number of hydrogen-bond donors (Lipinski definition) is 0. The summed E-state index contributed by atoms with van der Waals surface area (Å²) < 4.78 is 0. The lowest BCUT2D eigenvalue weighted by molar-refractivity contribution is -0.146. The zero-order valence-corrected chi connectivity index (χ0v) is 19.0. The Kier molecular flexibility index (Phi) is 6.41. The van der Waals surface area contributed by atoms with E-state index in [9.17, 15) is 14.4 Å². The third-order valence-corrected chi connectivity index (χ3v) is 6.22. The molecule has 2 aliphatic heterocycles. The molecule has 1 atom stereocenters. The van der Waals surface area contributed by atoms with Crippen molar-refractivity contribution < 1.29 is 14.4 Å². The lowest BCUT2D eigenvalue weighted by Gasteiger charge is -2.34. The lowest BCUT2D eigenvalue weighted by Crippen LogP contribution is -2.46. The van der Waals surface area contributed by atoms with Gasteiger partial charge < -0.3 is 9.80 Å². The number of benzene rings is 1. The van der Waals surface area contributed by atoms with Crippen LogP contribution in [0, 0.1) is 0 Å². The van der Waals surface area contributed by atoms with E-state index >= 15 is 0 Å². The summed E-state index contributed by atoms with van der Waals surface area (Å²) >= 11 is 6.06. The van der Waals surface area contributed by atoms with E-state index in [-0.39, 0.29) is 43.0 Å². The molecule has 0 saturated carbocycles. The Hall–Kier alpha value is -3.00. The van der Waals surface area contributed by atoms with Crippen LogP contribution in [0.25, 0.3) is 11.1 Å². The number of imide groups is 1. The van der Waals surface area contributed by atoms with Gasteiger partial charge in [-0.1, -0.05) is 23.7 Å². The topological polar surface area (TPSA) is 86.7 Å². The van der Waals surface area contributed by atoms with Gasteiger partial charge in [0.15, 0.2) is 0 Å². The van der Waals surface area contributed by atoms with Crippen molar-refractivity contribution in [1.29, 1.82) is 0 Å². The summed E-state index contributed by atoms with van der Waals surface area (Å²) in [6.45, 7) is 0.911. The van der Waals surface area contributed by atoms with Crippen LogP contribution in [0.5, 0.6) is 0 Å². The predicted octanol–water partition coefficient (Wildman–Crippen LogP) is 2.72. The third-order valence-electron chi connectivity index (χ3n) is 5.97. The Balaban J connectivity index is 1.59. The standard InChI is InChI=1S/C23H26ClN5O3/c1-27(2)23-25-12-18(15-5-7-17(24)8-6-15)22(26-23)16-4-3-11-28(13-16)21(32)14-29-19(30)9-10-20(29)31/h5-8,12,16H,3-4,9-11,13-14H2,1-2H3. The highest BCUT2D eigenvalue weighted by molar-refractivity contribution is 6.30. The first-order chi connectivity index (χ1) is 15.3. The normalized spacial score (nSPS) is 18.9. The van der Waals surface area contributed by atoms with Crippen molar-refractivity contribution in [3.8, 4) is 11.1 Å². The van der Waals surface area contributed by atoms with E-state index in [1.54, 1.807) is 4.90 Å². The molecule has 168 valence electrons. The van der Waals surface area contributed by atoms with Gasteiger partial charge in [-0.15, -0.1) is 0 Å². The first kappa shape index (κ1) is 22.2. The Morgan fingerprint density at radius 3 is 2.50 bits per heavy atom. The van der Waals surface area contributed by atoms with E-state index in [0.717, 1.165) is 34.6 Å². The van der Waals surface area contributed by atoms with Crippen molar-refractivity contribution in [2.24, 2.45) is 0 Å². The van der Waals surface area contributed by atoms with Crippen LogP contribution in [-0.4, -0.2) is 71.2 Å². The van der Waals surface area contributed by atoms with Gasteiger partial charge in [0.2, 0.25) is 23.7 Å². The largest absolute Gasteiger partial charge is 0.347 e. The average Bonchev–Trinajstić information content (AvgIpc) is 3.11. The van der Waals surface area contributed by atoms with E-state index in [2.05, 4.69) is 4.98 Å². The number of piperidine rings is 1. The summed E-state index contributed by atoms with van der Waals surface area (Å²) in [5.74, 6) is -0.116. The summed E-state index contributed by atoms with van der Waals surface area (Å²) in [6, 6.07) is 7.55. The molecule has 3 amide bonds. The molecule has 2 fully saturated rings. The SMILES string of the molecule is CN(C)c1ncc(-c2ccc(Cl)cc2)c(C2CCCN(C(=O)CN3C(=O)CCC3=O)C2)n1. The molecule has 8 nitrogen and oxygen atoms in total. The smallest absolute Gasteiger partial charge is 0.242 e. The van der Waals surface area contributed by atoms with Gasteiger partial charge in [0.25, 0.3) is 0 Å². The first-order valence-electron chi connectivity index (χ1n) is 10.7. The molecule has 0 spiro atoms. The molecule has 1 aromatic carbocycles. The molecule has 2 aliphatic rings. The van der Waals surface area contributed by atoms with Gasteiger partial charge in [-0.3, -0.25) is 19.3 Å². The number of halogens is 1. The van der Waals surface area contributed by atoms with Crippen molar-refractivity contribution in [2.45, 2.75) is 31.6 Å². The molecular weight excluding hydrogens is 430 g/mol. The van der Waals surface area contributed by atoms with E-state index in [1.807, 2.05) is 49.5 Å². The summed E-state index contributed by atoms with van der Waals surface area (Å²) in [5, 5.41) is 0.654. The fraction of sp³-hybridized carbons (Fsp3) is 0.435. The molecule has 4 rings (SSSR count). The fourth-order valence-electron chi connectivity index (χ4n) is 4.23. The zero-order chi connectivity index (χ0) is 22.8. The second kappa shape index (κ2) is 9.24. The number of amides is 3. The number of rotatable bonds is 5. The second-order valence-corrected chi connectivity index (χ2v) is 8.86. The highest BCUT2D eigenvalue weighted by atomic mass is 35.5. The molecule has 1 unspecified atom stereocenters. The molecule has 1 aromatic heterocycles. The van der Waals surface area contributed by atoms with Crippen molar-refractivity contribution in [3.05, 3.63) is 41.2 Å². The molecule has 9 heteroatoms.